The fourth-order valence-electron chi connectivity index (χ4n) is 9.57. The minimum atomic E-state index is -0.0558. The van der Waals surface area contributed by atoms with Crippen LogP contribution in [-0.4, -0.2) is 0 Å². The van der Waals surface area contributed by atoms with Crippen molar-refractivity contribution in [1.82, 2.24) is 0 Å². The second-order valence-electron chi connectivity index (χ2n) is 17.0. The molecule has 8 aromatic rings. The third-order valence-electron chi connectivity index (χ3n) is 12.7. The Balaban J connectivity index is 0.890. The molecule has 0 amide bonds. The normalized spacial score (nSPS) is 14.6. The van der Waals surface area contributed by atoms with Crippen LogP contribution >= 0.6 is 0 Å². The first-order chi connectivity index (χ1) is 28.8. The smallest absolute Gasteiger partial charge is 0.0462 e. The molecule has 284 valence electrons. The molecule has 2 aliphatic carbocycles. The average Bonchev–Trinajstić information content (AvgIpc) is 3.68. The molecular formula is C58H47N. The van der Waals surface area contributed by atoms with Crippen LogP contribution in [0.4, 0.5) is 17.1 Å². The maximum Gasteiger partial charge on any atom is 0.0462 e. The standard InChI is InChI=1S/C58H47N/c1-57(2)53-18-12-11-17-51(53)55-56(57)52-38-31-47(39-54(52)58(55,3)4)46-25-21-40(22-26-46)19-20-41-23-32-48(33-24-41)59(49-34-27-44(28-35-49)42-13-7-5-8-14-42)50-36-29-45(30-37-50)43-15-9-6-10-16-43/h5-39H,1-4H3. The van der Waals surface area contributed by atoms with Crippen molar-refractivity contribution in [3.63, 3.8) is 0 Å². The minimum absolute atomic E-state index is 0.00611. The molecule has 2 aliphatic rings. The van der Waals surface area contributed by atoms with E-state index >= 15 is 0 Å². The molecule has 0 spiro atoms. The van der Waals surface area contributed by atoms with Crippen LogP contribution in [0.15, 0.2) is 200 Å². The van der Waals surface area contributed by atoms with E-state index in [-0.39, 0.29) is 10.8 Å². The van der Waals surface area contributed by atoms with Crippen molar-refractivity contribution in [1.29, 1.82) is 0 Å². The molecule has 0 saturated carbocycles. The summed E-state index contributed by atoms with van der Waals surface area (Å²) >= 11 is 0. The molecule has 1 heteroatoms. The molecule has 0 N–H and O–H groups in total. The lowest BCUT2D eigenvalue weighted by atomic mass is 9.75. The Labute approximate surface area is 349 Å². The summed E-state index contributed by atoms with van der Waals surface area (Å²) in [4.78, 5) is 2.33. The molecule has 0 saturated heterocycles. The van der Waals surface area contributed by atoms with Crippen molar-refractivity contribution in [3.8, 4) is 33.4 Å². The van der Waals surface area contributed by atoms with E-state index in [0.29, 0.717) is 0 Å². The molecule has 0 radical (unpaired) electrons. The zero-order valence-electron chi connectivity index (χ0n) is 34.2. The van der Waals surface area contributed by atoms with Crippen molar-refractivity contribution >= 4 is 40.4 Å². The number of nitrogens with zero attached hydrogens (tertiary/aromatic N) is 1. The van der Waals surface area contributed by atoms with E-state index < -0.39 is 0 Å². The quantitative estimate of drug-likeness (QED) is 0.140. The lowest BCUT2D eigenvalue weighted by Gasteiger charge is -2.28. The van der Waals surface area contributed by atoms with Gasteiger partial charge < -0.3 is 4.90 Å². The van der Waals surface area contributed by atoms with Gasteiger partial charge in [-0.15, -0.1) is 0 Å². The molecule has 0 unspecified atom stereocenters. The molecule has 0 fully saturated rings. The predicted molar refractivity (Wildman–Crippen MR) is 252 cm³/mol. The molecule has 0 aliphatic heterocycles. The van der Waals surface area contributed by atoms with E-state index in [1.54, 1.807) is 0 Å². The third kappa shape index (κ3) is 6.44. The van der Waals surface area contributed by atoms with Crippen molar-refractivity contribution < 1.29 is 0 Å². The van der Waals surface area contributed by atoms with Gasteiger partial charge in [-0.1, -0.05) is 198 Å². The van der Waals surface area contributed by atoms with Gasteiger partial charge in [0.15, 0.2) is 0 Å². The molecule has 0 bridgehead atoms. The number of rotatable bonds is 8. The maximum absolute atomic E-state index is 2.44. The first-order valence-corrected chi connectivity index (χ1v) is 20.8. The molecule has 10 rings (SSSR count). The maximum atomic E-state index is 2.44. The summed E-state index contributed by atoms with van der Waals surface area (Å²) in [7, 11) is 0. The fourth-order valence-corrected chi connectivity index (χ4v) is 9.57. The van der Waals surface area contributed by atoms with Gasteiger partial charge in [0.1, 0.15) is 0 Å². The first kappa shape index (κ1) is 36.4. The van der Waals surface area contributed by atoms with Crippen LogP contribution in [-0.2, 0) is 10.8 Å². The second kappa shape index (κ2) is 14.5. The summed E-state index contributed by atoms with van der Waals surface area (Å²) in [5.74, 6) is 0. The second-order valence-corrected chi connectivity index (χ2v) is 17.0. The zero-order valence-corrected chi connectivity index (χ0v) is 34.2. The highest BCUT2D eigenvalue weighted by molar-refractivity contribution is 6.09. The molecular weight excluding hydrogens is 711 g/mol. The van der Waals surface area contributed by atoms with E-state index in [1.165, 1.54) is 72.3 Å². The summed E-state index contributed by atoms with van der Waals surface area (Å²) in [6, 6.07) is 72.8. The van der Waals surface area contributed by atoms with Crippen LogP contribution in [0, 0.1) is 0 Å². The Hall–Kier alpha value is -6.96. The lowest BCUT2D eigenvalue weighted by molar-refractivity contribution is 0.694. The highest BCUT2D eigenvalue weighted by Crippen LogP contribution is 2.62. The molecule has 0 aromatic heterocycles. The van der Waals surface area contributed by atoms with Crippen molar-refractivity contribution in [2.45, 2.75) is 38.5 Å². The summed E-state index contributed by atoms with van der Waals surface area (Å²) in [6.07, 6.45) is 4.41. The molecule has 59 heavy (non-hydrogen) atoms. The van der Waals surface area contributed by atoms with Crippen LogP contribution in [0.1, 0.15) is 61.1 Å². The van der Waals surface area contributed by atoms with Crippen LogP contribution in [0.3, 0.4) is 0 Å². The monoisotopic (exact) mass is 757 g/mol. The van der Waals surface area contributed by atoms with Crippen LogP contribution in [0.25, 0.3) is 56.7 Å². The van der Waals surface area contributed by atoms with Gasteiger partial charge >= 0.3 is 0 Å². The van der Waals surface area contributed by atoms with Gasteiger partial charge in [0, 0.05) is 27.9 Å². The van der Waals surface area contributed by atoms with Gasteiger partial charge in [0.05, 0.1) is 0 Å². The van der Waals surface area contributed by atoms with Crippen LogP contribution in [0.5, 0.6) is 0 Å². The van der Waals surface area contributed by atoms with Crippen LogP contribution < -0.4 is 4.90 Å². The van der Waals surface area contributed by atoms with E-state index in [2.05, 4.69) is 245 Å². The largest absolute Gasteiger partial charge is 0.311 e. The van der Waals surface area contributed by atoms with Crippen LogP contribution in [0.2, 0.25) is 0 Å². The number of hydrogen-bond donors (Lipinski definition) is 0. The van der Waals surface area contributed by atoms with Gasteiger partial charge in [-0.2, -0.15) is 0 Å². The number of hydrogen-bond acceptors (Lipinski definition) is 1. The summed E-state index contributed by atoms with van der Waals surface area (Å²) in [6.45, 7) is 9.59. The fraction of sp³-hybridized carbons (Fsp3) is 0.103. The van der Waals surface area contributed by atoms with Crippen molar-refractivity contribution in [2.75, 3.05) is 4.90 Å². The number of allylic oxidation sites excluding steroid dienone is 2. The Morgan fingerprint density at radius 3 is 1.20 bits per heavy atom. The highest BCUT2D eigenvalue weighted by Gasteiger charge is 2.49. The van der Waals surface area contributed by atoms with Gasteiger partial charge in [0.2, 0.25) is 0 Å². The SMILES string of the molecule is CC1(C)C2=C(c3ccccc31)C(C)(C)c1cc(-c3ccc(C=Cc4ccc(N(c5ccc(-c6ccccc6)cc5)c5ccc(-c6ccccc6)cc5)cc4)cc3)ccc12. The van der Waals surface area contributed by atoms with Gasteiger partial charge in [-0.25, -0.2) is 0 Å². The molecule has 1 nitrogen and oxygen atoms in total. The summed E-state index contributed by atoms with van der Waals surface area (Å²) in [5, 5.41) is 0. The Morgan fingerprint density at radius 2 is 0.678 bits per heavy atom. The molecule has 0 heterocycles. The van der Waals surface area contributed by atoms with E-state index in [9.17, 15) is 0 Å². The predicted octanol–water partition coefficient (Wildman–Crippen LogP) is 15.8. The van der Waals surface area contributed by atoms with E-state index in [1.807, 2.05) is 0 Å². The topological polar surface area (TPSA) is 3.24 Å². The summed E-state index contributed by atoms with van der Waals surface area (Å²) < 4.78 is 0. The Kier molecular flexibility index (Phi) is 8.91. The third-order valence-corrected chi connectivity index (χ3v) is 12.7. The van der Waals surface area contributed by atoms with Gasteiger partial charge in [-0.05, 0) is 120 Å². The van der Waals surface area contributed by atoms with E-state index in [0.717, 1.165) is 22.6 Å². The molecule has 8 aromatic carbocycles. The number of benzene rings is 8. The summed E-state index contributed by atoms with van der Waals surface area (Å²) in [5.41, 5.74) is 21.7. The molecule has 0 atom stereocenters. The highest BCUT2D eigenvalue weighted by atomic mass is 15.1. The van der Waals surface area contributed by atoms with Gasteiger partial charge in [-0.3, -0.25) is 0 Å². The first-order valence-electron chi connectivity index (χ1n) is 20.8. The van der Waals surface area contributed by atoms with E-state index in [4.69, 9.17) is 0 Å². The Bertz CT molecular complexity index is 2770. The number of anilines is 3. The zero-order chi connectivity index (χ0) is 40.1. The Morgan fingerprint density at radius 1 is 0.322 bits per heavy atom. The van der Waals surface area contributed by atoms with Gasteiger partial charge in [0.25, 0.3) is 0 Å². The lowest BCUT2D eigenvalue weighted by Crippen LogP contribution is -2.19. The van der Waals surface area contributed by atoms with Crippen molar-refractivity contribution in [2.24, 2.45) is 0 Å². The number of fused-ring (bicyclic) bond motifs is 4. The van der Waals surface area contributed by atoms with Crippen molar-refractivity contribution in [3.05, 3.63) is 234 Å². The average molecular weight is 758 g/mol. The minimum Gasteiger partial charge on any atom is -0.311 e.